The Bertz CT molecular complexity index is 931. The highest BCUT2D eigenvalue weighted by Crippen LogP contribution is 2.16. The monoisotopic (exact) mass is 391 g/mol. The van der Waals surface area contributed by atoms with E-state index in [9.17, 15) is 14.0 Å². The highest BCUT2D eigenvalue weighted by Gasteiger charge is 2.21. The van der Waals surface area contributed by atoms with Crippen LogP contribution in [-0.4, -0.2) is 18.4 Å². The second-order valence-electron chi connectivity index (χ2n) is 6.48. The minimum absolute atomic E-state index is 0.0246. The van der Waals surface area contributed by atoms with E-state index in [1.807, 2.05) is 60.7 Å². The average molecular weight is 391 g/mol. The van der Waals surface area contributed by atoms with Crippen LogP contribution in [0.3, 0.4) is 0 Å². The van der Waals surface area contributed by atoms with Crippen molar-refractivity contribution >= 4 is 17.5 Å². The molecule has 0 radical (unpaired) electrons. The molecule has 29 heavy (non-hydrogen) atoms. The number of amides is 2. The number of anilines is 1. The van der Waals surface area contributed by atoms with E-state index in [-0.39, 0.29) is 24.2 Å². The summed E-state index contributed by atoms with van der Waals surface area (Å²) in [5.74, 6) is -0.932. The topological polar surface area (TPSA) is 70.2 Å². The lowest BCUT2D eigenvalue weighted by atomic mass is 10.1. The van der Waals surface area contributed by atoms with Gasteiger partial charge in [0.1, 0.15) is 11.9 Å². The number of hydrogen-bond donors (Lipinski definition) is 3. The second kappa shape index (κ2) is 10.1. The van der Waals surface area contributed by atoms with Crippen LogP contribution in [0.1, 0.15) is 17.2 Å². The minimum atomic E-state index is -0.733. The van der Waals surface area contributed by atoms with Crippen molar-refractivity contribution in [1.82, 2.24) is 10.6 Å². The van der Waals surface area contributed by atoms with Crippen molar-refractivity contribution in [2.75, 3.05) is 11.9 Å². The molecule has 0 bridgehead atoms. The first-order chi connectivity index (χ1) is 14.1. The molecule has 0 aromatic heterocycles. The Morgan fingerprint density at radius 3 is 2.10 bits per heavy atom. The van der Waals surface area contributed by atoms with Crippen molar-refractivity contribution in [3.05, 3.63) is 102 Å². The van der Waals surface area contributed by atoms with Gasteiger partial charge in [-0.25, -0.2) is 4.39 Å². The van der Waals surface area contributed by atoms with Gasteiger partial charge in [-0.3, -0.25) is 14.9 Å². The summed E-state index contributed by atoms with van der Waals surface area (Å²) in [5.41, 5.74) is 2.20. The molecule has 2 amide bonds. The fraction of sp³-hybridized carbons (Fsp3) is 0.130. The number of halogens is 1. The summed E-state index contributed by atoms with van der Waals surface area (Å²) >= 11 is 0. The number of carbonyl (C=O) groups excluding carboxylic acids is 2. The van der Waals surface area contributed by atoms with E-state index in [1.165, 1.54) is 24.3 Å². The summed E-state index contributed by atoms with van der Waals surface area (Å²) in [4.78, 5) is 25.0. The van der Waals surface area contributed by atoms with E-state index in [0.29, 0.717) is 12.2 Å². The van der Waals surface area contributed by atoms with Crippen molar-refractivity contribution in [3.63, 3.8) is 0 Å². The second-order valence-corrected chi connectivity index (χ2v) is 6.48. The molecular formula is C23H22FN3O2. The molecular weight excluding hydrogens is 369 g/mol. The van der Waals surface area contributed by atoms with E-state index >= 15 is 0 Å². The maximum atomic E-state index is 13.1. The predicted molar refractivity (Wildman–Crippen MR) is 111 cm³/mol. The number of carbonyl (C=O) groups is 2. The van der Waals surface area contributed by atoms with Gasteiger partial charge in [0, 0.05) is 12.2 Å². The normalized spacial score (nSPS) is 11.5. The molecule has 0 aliphatic rings. The number of nitrogens with one attached hydrogen (secondary N) is 3. The maximum absolute atomic E-state index is 13.1. The number of rotatable bonds is 8. The molecule has 0 spiro atoms. The van der Waals surface area contributed by atoms with Crippen molar-refractivity contribution in [2.45, 2.75) is 12.6 Å². The summed E-state index contributed by atoms with van der Waals surface area (Å²) in [5, 5.41) is 8.58. The molecule has 3 rings (SSSR count). The van der Waals surface area contributed by atoms with Crippen molar-refractivity contribution < 1.29 is 14.0 Å². The van der Waals surface area contributed by atoms with Crippen LogP contribution in [0.4, 0.5) is 10.1 Å². The maximum Gasteiger partial charge on any atom is 0.246 e. The first kappa shape index (κ1) is 20.2. The van der Waals surface area contributed by atoms with Crippen LogP contribution >= 0.6 is 0 Å². The molecule has 0 saturated heterocycles. The van der Waals surface area contributed by atoms with Gasteiger partial charge in [-0.15, -0.1) is 0 Å². The number of benzene rings is 3. The Labute approximate surface area is 169 Å². The van der Waals surface area contributed by atoms with Crippen LogP contribution in [0.25, 0.3) is 0 Å². The lowest BCUT2D eigenvalue weighted by Gasteiger charge is -2.19. The van der Waals surface area contributed by atoms with Gasteiger partial charge in [0.2, 0.25) is 11.8 Å². The Morgan fingerprint density at radius 1 is 0.828 bits per heavy atom. The largest absolute Gasteiger partial charge is 0.351 e. The minimum Gasteiger partial charge on any atom is -0.351 e. The average Bonchev–Trinajstić information content (AvgIpc) is 2.75. The third-order valence-electron chi connectivity index (χ3n) is 4.31. The fourth-order valence-electron chi connectivity index (χ4n) is 2.81. The third-order valence-corrected chi connectivity index (χ3v) is 4.31. The molecule has 6 heteroatoms. The zero-order valence-corrected chi connectivity index (χ0v) is 15.8. The van der Waals surface area contributed by atoms with E-state index in [0.717, 1.165) is 11.1 Å². The van der Waals surface area contributed by atoms with Gasteiger partial charge in [-0.2, -0.15) is 0 Å². The summed E-state index contributed by atoms with van der Waals surface area (Å²) in [6.45, 7) is 0.391. The standard InChI is InChI=1S/C23H22FN3O2/c24-19-11-13-20(14-12-19)27-23(29)22(18-9-5-2-6-10-18)26-16-21(28)25-15-17-7-3-1-4-8-17/h1-14,22,26H,15-16H2,(H,25,28)(H,27,29)/t22-/m0/s1. The SMILES string of the molecule is O=C(CN[C@H](C(=O)Nc1ccc(F)cc1)c1ccccc1)NCc1ccccc1. The molecule has 3 aromatic rings. The molecule has 3 N–H and O–H groups in total. The van der Waals surface area contributed by atoms with Crippen molar-refractivity contribution in [3.8, 4) is 0 Å². The fourth-order valence-corrected chi connectivity index (χ4v) is 2.81. The molecule has 0 aliphatic heterocycles. The molecule has 0 aliphatic carbocycles. The Morgan fingerprint density at radius 2 is 1.45 bits per heavy atom. The van der Waals surface area contributed by atoms with Crippen LogP contribution in [0.15, 0.2) is 84.9 Å². The van der Waals surface area contributed by atoms with E-state index in [2.05, 4.69) is 16.0 Å². The summed E-state index contributed by atoms with van der Waals surface area (Å²) < 4.78 is 13.1. The van der Waals surface area contributed by atoms with Gasteiger partial charge in [0.25, 0.3) is 0 Å². The summed E-state index contributed by atoms with van der Waals surface area (Å²) in [6, 6.07) is 23.5. The summed E-state index contributed by atoms with van der Waals surface area (Å²) in [6.07, 6.45) is 0. The van der Waals surface area contributed by atoms with Gasteiger partial charge < -0.3 is 10.6 Å². The Kier molecular flexibility index (Phi) is 7.08. The highest BCUT2D eigenvalue weighted by atomic mass is 19.1. The molecule has 1 atom stereocenters. The predicted octanol–water partition coefficient (Wildman–Crippen LogP) is 3.41. The van der Waals surface area contributed by atoms with Gasteiger partial charge in [-0.1, -0.05) is 60.7 Å². The van der Waals surface area contributed by atoms with Crippen LogP contribution in [0, 0.1) is 5.82 Å². The first-order valence-electron chi connectivity index (χ1n) is 9.27. The molecule has 0 heterocycles. The van der Waals surface area contributed by atoms with Gasteiger partial charge in [0.15, 0.2) is 0 Å². The Hall–Kier alpha value is -3.51. The van der Waals surface area contributed by atoms with E-state index in [1.54, 1.807) is 0 Å². The molecule has 0 saturated carbocycles. The van der Waals surface area contributed by atoms with E-state index in [4.69, 9.17) is 0 Å². The van der Waals surface area contributed by atoms with Crippen LogP contribution in [0.2, 0.25) is 0 Å². The van der Waals surface area contributed by atoms with Crippen LogP contribution in [0.5, 0.6) is 0 Å². The quantitative estimate of drug-likeness (QED) is 0.551. The van der Waals surface area contributed by atoms with Crippen LogP contribution < -0.4 is 16.0 Å². The zero-order valence-electron chi connectivity index (χ0n) is 15.8. The van der Waals surface area contributed by atoms with E-state index < -0.39 is 6.04 Å². The molecule has 5 nitrogen and oxygen atoms in total. The smallest absolute Gasteiger partial charge is 0.246 e. The molecule has 0 fully saturated rings. The van der Waals surface area contributed by atoms with Gasteiger partial charge in [0.05, 0.1) is 6.54 Å². The lowest BCUT2D eigenvalue weighted by molar-refractivity contribution is -0.121. The summed E-state index contributed by atoms with van der Waals surface area (Å²) in [7, 11) is 0. The third kappa shape index (κ3) is 6.26. The molecule has 148 valence electrons. The van der Waals surface area contributed by atoms with Crippen molar-refractivity contribution in [1.29, 1.82) is 0 Å². The van der Waals surface area contributed by atoms with Crippen molar-refractivity contribution in [2.24, 2.45) is 0 Å². The molecule has 0 unspecified atom stereocenters. The Balaban J connectivity index is 1.62. The lowest BCUT2D eigenvalue weighted by Crippen LogP contribution is -2.39. The van der Waals surface area contributed by atoms with Crippen LogP contribution in [-0.2, 0) is 16.1 Å². The van der Waals surface area contributed by atoms with Gasteiger partial charge >= 0.3 is 0 Å². The zero-order chi connectivity index (χ0) is 20.5. The van der Waals surface area contributed by atoms with Gasteiger partial charge in [-0.05, 0) is 35.4 Å². The molecule has 3 aromatic carbocycles. The highest BCUT2D eigenvalue weighted by molar-refractivity contribution is 5.96. The first-order valence-corrected chi connectivity index (χ1v) is 9.27. The number of hydrogen-bond acceptors (Lipinski definition) is 3.